The fraction of sp³-hybridized carbons (Fsp3) is 0.294. The van der Waals surface area contributed by atoms with Crippen molar-refractivity contribution in [1.29, 1.82) is 0 Å². The summed E-state index contributed by atoms with van der Waals surface area (Å²) < 4.78 is 11.4. The summed E-state index contributed by atoms with van der Waals surface area (Å²) in [5.41, 5.74) is 1.23. The molecule has 0 saturated heterocycles. The summed E-state index contributed by atoms with van der Waals surface area (Å²) in [5.74, 6) is 2.32. The van der Waals surface area contributed by atoms with Crippen LogP contribution in [-0.4, -0.2) is 13.7 Å². The minimum Gasteiger partial charge on any atom is -0.490 e. The van der Waals surface area contributed by atoms with Gasteiger partial charge in [0, 0.05) is 6.04 Å². The van der Waals surface area contributed by atoms with E-state index in [2.05, 4.69) is 24.4 Å². The van der Waals surface area contributed by atoms with E-state index in [1.165, 1.54) is 5.56 Å². The van der Waals surface area contributed by atoms with Crippen molar-refractivity contribution < 1.29 is 9.47 Å². The summed E-state index contributed by atoms with van der Waals surface area (Å²) in [4.78, 5) is 0. The third-order valence-electron chi connectivity index (χ3n) is 3.19. The summed E-state index contributed by atoms with van der Waals surface area (Å²) in [6.45, 7) is 4.71. The first-order valence-electron chi connectivity index (χ1n) is 6.91. The van der Waals surface area contributed by atoms with Crippen molar-refractivity contribution in [2.45, 2.75) is 19.9 Å². The molecule has 0 amide bonds. The second kappa shape index (κ2) is 6.96. The smallest absolute Gasteiger partial charge is 0.169 e. The molecular formula is C17H21NO2. The van der Waals surface area contributed by atoms with Gasteiger partial charge in [-0.2, -0.15) is 0 Å². The fourth-order valence-corrected chi connectivity index (χ4v) is 1.93. The number of rotatable bonds is 6. The van der Waals surface area contributed by atoms with Crippen LogP contribution in [0.2, 0.25) is 0 Å². The summed E-state index contributed by atoms with van der Waals surface area (Å²) in [7, 11) is 1.95. The van der Waals surface area contributed by atoms with Gasteiger partial charge in [-0.25, -0.2) is 0 Å². The Kier molecular flexibility index (Phi) is 5.02. The van der Waals surface area contributed by atoms with E-state index in [4.69, 9.17) is 9.47 Å². The Morgan fingerprint density at radius 1 is 1.00 bits per heavy atom. The van der Waals surface area contributed by atoms with Gasteiger partial charge < -0.3 is 14.8 Å². The number of hydrogen-bond donors (Lipinski definition) is 1. The average molecular weight is 271 g/mol. The first-order valence-corrected chi connectivity index (χ1v) is 6.91. The Hall–Kier alpha value is -2.00. The molecule has 0 aliphatic carbocycles. The number of ether oxygens (including phenoxy) is 2. The molecule has 0 saturated carbocycles. The van der Waals surface area contributed by atoms with Gasteiger partial charge in [-0.05, 0) is 50.7 Å². The van der Waals surface area contributed by atoms with Crippen molar-refractivity contribution in [2.24, 2.45) is 0 Å². The lowest BCUT2D eigenvalue weighted by molar-refractivity contribution is 0.321. The molecular weight excluding hydrogens is 250 g/mol. The van der Waals surface area contributed by atoms with E-state index in [1.54, 1.807) is 0 Å². The molecule has 0 aromatic heterocycles. The number of hydrogen-bond acceptors (Lipinski definition) is 3. The molecule has 0 aliphatic heterocycles. The molecule has 0 spiro atoms. The number of para-hydroxylation sites is 2. The SMILES string of the molecule is CCOc1ccccc1Oc1ccc(C(C)NC)cc1. The average Bonchev–Trinajstić information content (AvgIpc) is 2.49. The van der Waals surface area contributed by atoms with Crippen molar-refractivity contribution in [1.82, 2.24) is 5.32 Å². The van der Waals surface area contributed by atoms with Gasteiger partial charge in [0.15, 0.2) is 11.5 Å². The highest BCUT2D eigenvalue weighted by Crippen LogP contribution is 2.31. The highest BCUT2D eigenvalue weighted by molar-refractivity contribution is 5.43. The molecule has 2 aromatic rings. The lowest BCUT2D eigenvalue weighted by atomic mass is 10.1. The van der Waals surface area contributed by atoms with Crippen LogP contribution in [0.4, 0.5) is 0 Å². The lowest BCUT2D eigenvalue weighted by Crippen LogP contribution is -2.11. The van der Waals surface area contributed by atoms with Gasteiger partial charge in [-0.1, -0.05) is 24.3 Å². The highest BCUT2D eigenvalue weighted by Gasteiger charge is 2.06. The summed E-state index contributed by atoms with van der Waals surface area (Å²) in [5, 5.41) is 3.22. The molecule has 0 aliphatic rings. The van der Waals surface area contributed by atoms with Crippen LogP contribution in [0, 0.1) is 0 Å². The molecule has 0 radical (unpaired) electrons. The second-order valence-corrected chi connectivity index (χ2v) is 4.56. The van der Waals surface area contributed by atoms with E-state index in [1.807, 2.05) is 50.4 Å². The van der Waals surface area contributed by atoms with Crippen LogP contribution in [-0.2, 0) is 0 Å². The molecule has 2 aromatic carbocycles. The Morgan fingerprint density at radius 2 is 1.65 bits per heavy atom. The molecule has 106 valence electrons. The Bertz CT molecular complexity index is 537. The zero-order chi connectivity index (χ0) is 14.4. The molecule has 2 rings (SSSR count). The number of benzene rings is 2. The van der Waals surface area contributed by atoms with Crippen molar-refractivity contribution in [3.63, 3.8) is 0 Å². The van der Waals surface area contributed by atoms with E-state index in [-0.39, 0.29) is 0 Å². The lowest BCUT2D eigenvalue weighted by Gasteiger charge is -2.13. The molecule has 3 heteroatoms. The molecule has 20 heavy (non-hydrogen) atoms. The highest BCUT2D eigenvalue weighted by atomic mass is 16.5. The predicted octanol–water partition coefficient (Wildman–Crippen LogP) is 4.16. The minimum absolute atomic E-state index is 0.333. The Morgan fingerprint density at radius 3 is 2.25 bits per heavy atom. The molecule has 1 atom stereocenters. The standard InChI is InChI=1S/C17H21NO2/c1-4-19-16-7-5-6-8-17(16)20-15-11-9-14(10-12-15)13(2)18-3/h5-13,18H,4H2,1-3H3. The van der Waals surface area contributed by atoms with Crippen molar-refractivity contribution in [3.8, 4) is 17.2 Å². The van der Waals surface area contributed by atoms with Gasteiger partial charge in [0.25, 0.3) is 0 Å². The monoisotopic (exact) mass is 271 g/mol. The maximum Gasteiger partial charge on any atom is 0.169 e. The van der Waals surface area contributed by atoms with Crippen LogP contribution in [0.3, 0.4) is 0 Å². The molecule has 0 fully saturated rings. The van der Waals surface area contributed by atoms with Crippen LogP contribution in [0.25, 0.3) is 0 Å². The van der Waals surface area contributed by atoms with Crippen molar-refractivity contribution in [3.05, 3.63) is 54.1 Å². The van der Waals surface area contributed by atoms with E-state index in [9.17, 15) is 0 Å². The summed E-state index contributed by atoms with van der Waals surface area (Å²) in [6.07, 6.45) is 0. The molecule has 1 unspecified atom stereocenters. The zero-order valence-corrected chi connectivity index (χ0v) is 12.2. The zero-order valence-electron chi connectivity index (χ0n) is 12.2. The maximum absolute atomic E-state index is 5.89. The quantitative estimate of drug-likeness (QED) is 0.855. The van der Waals surface area contributed by atoms with Gasteiger partial charge in [0.05, 0.1) is 6.61 Å². The van der Waals surface area contributed by atoms with E-state index >= 15 is 0 Å². The molecule has 1 N–H and O–H groups in total. The van der Waals surface area contributed by atoms with Gasteiger partial charge in [-0.3, -0.25) is 0 Å². The molecule has 0 bridgehead atoms. The summed E-state index contributed by atoms with van der Waals surface area (Å²) >= 11 is 0. The Labute approximate surface area is 120 Å². The van der Waals surface area contributed by atoms with Gasteiger partial charge in [-0.15, -0.1) is 0 Å². The molecule has 3 nitrogen and oxygen atoms in total. The van der Waals surface area contributed by atoms with Crippen molar-refractivity contribution >= 4 is 0 Å². The summed E-state index contributed by atoms with van der Waals surface area (Å²) in [6, 6.07) is 16.1. The fourth-order valence-electron chi connectivity index (χ4n) is 1.93. The maximum atomic E-state index is 5.89. The normalized spacial score (nSPS) is 11.9. The van der Waals surface area contributed by atoms with E-state index < -0.39 is 0 Å². The van der Waals surface area contributed by atoms with E-state index in [0.29, 0.717) is 12.6 Å². The molecule has 0 heterocycles. The number of nitrogens with one attached hydrogen (secondary N) is 1. The van der Waals surface area contributed by atoms with Crippen LogP contribution in [0.1, 0.15) is 25.5 Å². The first kappa shape index (κ1) is 14.4. The van der Waals surface area contributed by atoms with E-state index in [0.717, 1.165) is 17.2 Å². The van der Waals surface area contributed by atoms with Gasteiger partial charge in [0.1, 0.15) is 5.75 Å². The predicted molar refractivity (Wildman–Crippen MR) is 81.6 cm³/mol. The Balaban J connectivity index is 2.14. The third kappa shape index (κ3) is 3.52. The van der Waals surface area contributed by atoms with Crippen LogP contribution >= 0.6 is 0 Å². The van der Waals surface area contributed by atoms with Crippen molar-refractivity contribution in [2.75, 3.05) is 13.7 Å². The van der Waals surface area contributed by atoms with Gasteiger partial charge in [0.2, 0.25) is 0 Å². The van der Waals surface area contributed by atoms with Gasteiger partial charge >= 0.3 is 0 Å². The van der Waals surface area contributed by atoms with Crippen LogP contribution < -0.4 is 14.8 Å². The minimum atomic E-state index is 0.333. The topological polar surface area (TPSA) is 30.5 Å². The van der Waals surface area contributed by atoms with Crippen LogP contribution in [0.15, 0.2) is 48.5 Å². The second-order valence-electron chi connectivity index (χ2n) is 4.56. The van der Waals surface area contributed by atoms with Crippen LogP contribution in [0.5, 0.6) is 17.2 Å². The third-order valence-corrected chi connectivity index (χ3v) is 3.19. The largest absolute Gasteiger partial charge is 0.490 e. The first-order chi connectivity index (χ1) is 9.74.